The number of hydrogen-bond acceptors (Lipinski definition) is 4. The largest absolute Gasteiger partial charge is 0.392 e. The molecule has 1 atom stereocenters. The van der Waals surface area contributed by atoms with Gasteiger partial charge in [-0.2, -0.15) is 0 Å². The Labute approximate surface area is 107 Å². The fourth-order valence-electron chi connectivity index (χ4n) is 2.55. The summed E-state index contributed by atoms with van der Waals surface area (Å²) in [4.78, 5) is 8.42. The average molecular weight is 253 g/mol. The zero-order valence-corrected chi connectivity index (χ0v) is 10.9. The van der Waals surface area contributed by atoms with Gasteiger partial charge in [-0.25, -0.2) is 9.37 Å². The minimum atomic E-state index is -0.408. The number of nitrogens with zero attached hydrogens (tertiary/aromatic N) is 3. The van der Waals surface area contributed by atoms with E-state index in [1.165, 1.54) is 25.1 Å². The predicted octanol–water partition coefficient (Wildman–Crippen LogP) is 1.24. The van der Waals surface area contributed by atoms with Gasteiger partial charge in [0.25, 0.3) is 0 Å². The molecule has 18 heavy (non-hydrogen) atoms. The number of pyridine rings is 1. The Morgan fingerprint density at radius 3 is 3.00 bits per heavy atom. The lowest BCUT2D eigenvalue weighted by Gasteiger charge is -2.27. The maximum Gasteiger partial charge on any atom is 0.142 e. The maximum absolute atomic E-state index is 13.1. The van der Waals surface area contributed by atoms with E-state index in [0.29, 0.717) is 17.4 Å². The second-order valence-corrected chi connectivity index (χ2v) is 4.95. The number of likely N-dealkylation sites (N-methyl/N-ethyl adjacent to an activating group) is 2. The van der Waals surface area contributed by atoms with Gasteiger partial charge in [0, 0.05) is 25.2 Å². The summed E-state index contributed by atoms with van der Waals surface area (Å²) in [6.07, 6.45) is 3.60. The minimum absolute atomic E-state index is 0.190. The van der Waals surface area contributed by atoms with Gasteiger partial charge in [0.05, 0.1) is 12.8 Å². The first-order chi connectivity index (χ1) is 8.61. The van der Waals surface area contributed by atoms with Crippen molar-refractivity contribution < 1.29 is 9.50 Å². The Balaban J connectivity index is 2.10. The number of aliphatic hydroxyl groups excluding tert-OH is 1. The van der Waals surface area contributed by atoms with E-state index >= 15 is 0 Å². The third-order valence-corrected chi connectivity index (χ3v) is 3.60. The van der Waals surface area contributed by atoms with E-state index in [1.54, 1.807) is 0 Å². The number of hydrogen-bond donors (Lipinski definition) is 1. The number of aliphatic hydroxyl groups is 1. The maximum atomic E-state index is 13.1. The lowest BCUT2D eigenvalue weighted by molar-refractivity contribution is 0.280. The van der Waals surface area contributed by atoms with Gasteiger partial charge < -0.3 is 14.9 Å². The van der Waals surface area contributed by atoms with Crippen molar-refractivity contribution in [1.29, 1.82) is 0 Å². The van der Waals surface area contributed by atoms with Crippen LogP contribution < -0.4 is 4.90 Å². The quantitative estimate of drug-likeness (QED) is 0.876. The zero-order valence-electron chi connectivity index (χ0n) is 10.9. The Kier molecular flexibility index (Phi) is 4.14. The summed E-state index contributed by atoms with van der Waals surface area (Å²) in [5, 5.41) is 9.26. The van der Waals surface area contributed by atoms with Crippen LogP contribution in [0, 0.1) is 5.82 Å². The van der Waals surface area contributed by atoms with Crippen LogP contribution >= 0.6 is 0 Å². The van der Waals surface area contributed by atoms with Crippen molar-refractivity contribution >= 4 is 5.82 Å². The summed E-state index contributed by atoms with van der Waals surface area (Å²) in [5.41, 5.74) is 0.540. The number of anilines is 1. The molecule has 0 aromatic carbocycles. The van der Waals surface area contributed by atoms with Gasteiger partial charge in [0.1, 0.15) is 11.6 Å². The molecule has 1 aromatic heterocycles. The van der Waals surface area contributed by atoms with E-state index in [0.717, 1.165) is 13.1 Å². The standard InChI is InChI=1S/C13H20FN3O/c1-16-5-3-4-12(16)8-17(2)13-10(9-18)6-11(14)7-15-13/h6-7,12,18H,3-5,8-9H2,1-2H3. The van der Waals surface area contributed by atoms with E-state index in [1.807, 2.05) is 11.9 Å². The van der Waals surface area contributed by atoms with Gasteiger partial charge in [-0.3, -0.25) is 0 Å². The van der Waals surface area contributed by atoms with Crippen LogP contribution in [0.15, 0.2) is 12.3 Å². The van der Waals surface area contributed by atoms with Gasteiger partial charge >= 0.3 is 0 Å². The molecule has 100 valence electrons. The van der Waals surface area contributed by atoms with E-state index in [9.17, 15) is 9.50 Å². The summed E-state index contributed by atoms with van der Waals surface area (Å²) in [6, 6.07) is 1.85. The molecule has 0 saturated carbocycles. The molecular weight excluding hydrogens is 233 g/mol. The highest BCUT2D eigenvalue weighted by Gasteiger charge is 2.23. The molecule has 1 fully saturated rings. The molecule has 1 unspecified atom stereocenters. The zero-order chi connectivity index (χ0) is 13.1. The topological polar surface area (TPSA) is 39.6 Å². The predicted molar refractivity (Wildman–Crippen MR) is 69.0 cm³/mol. The highest BCUT2D eigenvalue weighted by Crippen LogP contribution is 2.21. The Morgan fingerprint density at radius 1 is 1.61 bits per heavy atom. The molecule has 0 aliphatic carbocycles. The summed E-state index contributed by atoms with van der Waals surface area (Å²) in [5.74, 6) is 0.258. The van der Waals surface area contributed by atoms with Crippen molar-refractivity contribution in [3.05, 3.63) is 23.6 Å². The first-order valence-corrected chi connectivity index (χ1v) is 6.28. The van der Waals surface area contributed by atoms with Crippen LogP contribution in [-0.2, 0) is 6.61 Å². The molecule has 2 heterocycles. The minimum Gasteiger partial charge on any atom is -0.392 e. The van der Waals surface area contributed by atoms with Crippen LogP contribution in [0.5, 0.6) is 0 Å². The van der Waals surface area contributed by atoms with Gasteiger partial charge in [-0.05, 0) is 32.5 Å². The molecular formula is C13H20FN3O. The Hall–Kier alpha value is -1.20. The number of likely N-dealkylation sites (tertiary alicyclic amines) is 1. The molecule has 0 bridgehead atoms. The molecule has 1 aliphatic heterocycles. The molecule has 4 nitrogen and oxygen atoms in total. The van der Waals surface area contributed by atoms with E-state index in [-0.39, 0.29) is 6.61 Å². The molecule has 0 amide bonds. The van der Waals surface area contributed by atoms with E-state index in [2.05, 4.69) is 16.9 Å². The first-order valence-electron chi connectivity index (χ1n) is 6.28. The Bertz CT molecular complexity index is 413. The van der Waals surface area contributed by atoms with E-state index in [4.69, 9.17) is 0 Å². The average Bonchev–Trinajstić information content (AvgIpc) is 2.74. The van der Waals surface area contributed by atoms with Gasteiger partial charge in [0.2, 0.25) is 0 Å². The molecule has 1 saturated heterocycles. The summed E-state index contributed by atoms with van der Waals surface area (Å²) in [7, 11) is 4.06. The third-order valence-electron chi connectivity index (χ3n) is 3.60. The molecule has 1 N–H and O–H groups in total. The van der Waals surface area contributed by atoms with Gasteiger partial charge in [-0.1, -0.05) is 0 Å². The van der Waals surface area contributed by atoms with Crippen molar-refractivity contribution in [2.24, 2.45) is 0 Å². The van der Waals surface area contributed by atoms with Crippen molar-refractivity contribution in [3.8, 4) is 0 Å². The monoisotopic (exact) mass is 253 g/mol. The molecule has 0 spiro atoms. The highest BCUT2D eigenvalue weighted by atomic mass is 19.1. The van der Waals surface area contributed by atoms with Crippen molar-refractivity contribution in [2.45, 2.75) is 25.5 Å². The number of rotatable bonds is 4. The van der Waals surface area contributed by atoms with Crippen LogP contribution in [0.25, 0.3) is 0 Å². The second kappa shape index (κ2) is 5.63. The third kappa shape index (κ3) is 2.79. The molecule has 5 heteroatoms. The summed E-state index contributed by atoms with van der Waals surface area (Å²) < 4.78 is 13.1. The first kappa shape index (κ1) is 13.2. The smallest absolute Gasteiger partial charge is 0.142 e. The molecule has 1 aliphatic rings. The van der Waals surface area contributed by atoms with Gasteiger partial charge in [0.15, 0.2) is 0 Å². The fourth-order valence-corrected chi connectivity index (χ4v) is 2.55. The lowest BCUT2D eigenvalue weighted by Crippen LogP contribution is -2.37. The fraction of sp³-hybridized carbons (Fsp3) is 0.615. The highest BCUT2D eigenvalue weighted by molar-refractivity contribution is 5.46. The molecule has 1 aromatic rings. The number of halogens is 1. The summed E-state index contributed by atoms with van der Waals surface area (Å²) in [6.45, 7) is 1.79. The van der Waals surface area contributed by atoms with Crippen LogP contribution in [0.1, 0.15) is 18.4 Å². The normalized spacial score (nSPS) is 20.3. The van der Waals surface area contributed by atoms with Crippen molar-refractivity contribution in [2.75, 3.05) is 32.1 Å². The SMILES string of the molecule is CN(CC1CCCN1C)c1ncc(F)cc1CO. The Morgan fingerprint density at radius 2 is 2.39 bits per heavy atom. The van der Waals surface area contributed by atoms with Crippen LogP contribution in [-0.4, -0.2) is 48.2 Å². The summed E-state index contributed by atoms with van der Waals surface area (Å²) >= 11 is 0. The van der Waals surface area contributed by atoms with E-state index < -0.39 is 5.82 Å². The van der Waals surface area contributed by atoms with Crippen molar-refractivity contribution in [1.82, 2.24) is 9.88 Å². The lowest BCUT2D eigenvalue weighted by atomic mass is 10.2. The van der Waals surface area contributed by atoms with Crippen LogP contribution in [0.3, 0.4) is 0 Å². The van der Waals surface area contributed by atoms with Gasteiger partial charge in [-0.15, -0.1) is 0 Å². The molecule has 2 rings (SSSR count). The van der Waals surface area contributed by atoms with Crippen LogP contribution in [0.2, 0.25) is 0 Å². The molecule has 0 radical (unpaired) electrons. The second-order valence-electron chi connectivity index (χ2n) is 4.95. The van der Waals surface area contributed by atoms with Crippen LogP contribution in [0.4, 0.5) is 10.2 Å². The number of aromatic nitrogens is 1. The van der Waals surface area contributed by atoms with Crippen molar-refractivity contribution in [3.63, 3.8) is 0 Å².